The molecule has 5 heteroatoms. The van der Waals surface area contributed by atoms with Crippen LogP contribution in [0.25, 0.3) is 0 Å². The maximum absolute atomic E-state index is 8.89. The molecule has 1 unspecified atom stereocenters. The van der Waals surface area contributed by atoms with E-state index in [0.717, 1.165) is 19.3 Å². The highest BCUT2D eigenvalue weighted by atomic mass is 31.2. The van der Waals surface area contributed by atoms with Gasteiger partial charge in [0.05, 0.1) is 24.7 Å². The summed E-state index contributed by atoms with van der Waals surface area (Å²) in [7, 11) is -1.13. The van der Waals surface area contributed by atoms with E-state index < -0.39 is 8.53 Å². The van der Waals surface area contributed by atoms with E-state index in [1.54, 1.807) is 0 Å². The van der Waals surface area contributed by atoms with Crippen LogP contribution in [0.5, 0.6) is 0 Å². The summed E-state index contributed by atoms with van der Waals surface area (Å²) >= 11 is 0. The molecule has 0 aromatic carbocycles. The molecular weight excluding hydrogens is 343 g/mol. The van der Waals surface area contributed by atoms with Gasteiger partial charge in [-0.1, -0.05) is 20.8 Å². The Bertz CT molecular complexity index is 475. The minimum atomic E-state index is -1.13. The average molecular weight is 383 g/mol. The van der Waals surface area contributed by atoms with Crippen LogP contribution in [0, 0.1) is 22.2 Å². The molecule has 2 bridgehead atoms. The van der Waals surface area contributed by atoms with Crippen molar-refractivity contribution in [2.75, 3.05) is 6.61 Å². The molecular formula is C21H39N2O2P. The Kier molecular flexibility index (Phi) is 7.17. The summed E-state index contributed by atoms with van der Waals surface area (Å²) < 4.78 is 15.3. The fourth-order valence-electron chi connectivity index (χ4n) is 4.86. The first-order valence-corrected chi connectivity index (χ1v) is 11.5. The first kappa shape index (κ1) is 22.1. The summed E-state index contributed by atoms with van der Waals surface area (Å²) in [5.41, 5.74) is 0.835. The lowest BCUT2D eigenvalue weighted by Crippen LogP contribution is -2.52. The Morgan fingerprint density at radius 2 is 1.50 bits per heavy atom. The molecule has 0 aromatic heterocycles. The van der Waals surface area contributed by atoms with Crippen molar-refractivity contribution in [2.45, 2.75) is 111 Å². The van der Waals surface area contributed by atoms with Crippen molar-refractivity contribution in [3.63, 3.8) is 0 Å². The minimum absolute atomic E-state index is 0.0205. The standard InChI is InChI=1S/C21H39N2O2P/c1-17(2)23(18(3)4)26(24-16-8-15-22)25-21-12-9-20(10-13-21,11-14-21)19(5,6)7/h17-18H,8-14,16H2,1-7H3. The monoisotopic (exact) mass is 382 g/mol. The van der Waals surface area contributed by atoms with Gasteiger partial charge in [0.1, 0.15) is 0 Å². The van der Waals surface area contributed by atoms with Gasteiger partial charge in [0, 0.05) is 12.1 Å². The zero-order valence-corrected chi connectivity index (χ0v) is 18.9. The minimum Gasteiger partial charge on any atom is -0.321 e. The number of nitrogens with zero attached hydrogens (tertiary/aromatic N) is 2. The number of nitriles is 1. The first-order chi connectivity index (χ1) is 12.1. The lowest BCUT2D eigenvalue weighted by molar-refractivity contribution is -0.119. The van der Waals surface area contributed by atoms with Crippen LogP contribution in [-0.4, -0.2) is 29.0 Å². The van der Waals surface area contributed by atoms with Crippen LogP contribution in [0.2, 0.25) is 0 Å². The van der Waals surface area contributed by atoms with Gasteiger partial charge in [0.15, 0.2) is 0 Å². The zero-order valence-electron chi connectivity index (χ0n) is 18.0. The topological polar surface area (TPSA) is 45.5 Å². The van der Waals surface area contributed by atoms with Crippen LogP contribution in [0.15, 0.2) is 0 Å². The molecule has 0 radical (unpaired) electrons. The van der Waals surface area contributed by atoms with Gasteiger partial charge in [-0.05, 0) is 77.0 Å². The smallest absolute Gasteiger partial charge is 0.259 e. The zero-order chi connectivity index (χ0) is 19.6. The van der Waals surface area contributed by atoms with Gasteiger partial charge in [-0.15, -0.1) is 0 Å². The molecule has 4 nitrogen and oxygen atoms in total. The second kappa shape index (κ2) is 8.44. The van der Waals surface area contributed by atoms with E-state index in [9.17, 15) is 0 Å². The molecule has 0 aliphatic heterocycles. The lowest BCUT2D eigenvalue weighted by Gasteiger charge is -2.59. The third kappa shape index (κ3) is 4.61. The molecule has 3 rings (SSSR count). The summed E-state index contributed by atoms with van der Waals surface area (Å²) in [4.78, 5) is 0. The average Bonchev–Trinajstić information content (AvgIpc) is 2.54. The van der Waals surface area contributed by atoms with Crippen molar-refractivity contribution >= 4 is 8.53 Å². The summed E-state index contributed by atoms with van der Waals surface area (Å²) in [6.07, 6.45) is 7.66. The number of hydrogen-bond donors (Lipinski definition) is 0. The predicted octanol–water partition coefficient (Wildman–Crippen LogP) is 6.42. The number of hydrogen-bond acceptors (Lipinski definition) is 4. The Labute approximate surface area is 162 Å². The molecule has 3 aliphatic carbocycles. The van der Waals surface area contributed by atoms with E-state index in [-0.39, 0.29) is 5.60 Å². The quantitative estimate of drug-likeness (QED) is 0.359. The van der Waals surface area contributed by atoms with Crippen LogP contribution in [0.3, 0.4) is 0 Å². The number of rotatable bonds is 8. The van der Waals surface area contributed by atoms with Crippen LogP contribution in [0.4, 0.5) is 0 Å². The molecule has 0 spiro atoms. The lowest BCUT2D eigenvalue weighted by atomic mass is 9.50. The fourth-order valence-corrected chi connectivity index (χ4v) is 6.75. The van der Waals surface area contributed by atoms with Gasteiger partial charge in [0.25, 0.3) is 8.53 Å². The van der Waals surface area contributed by atoms with Crippen molar-refractivity contribution in [3.8, 4) is 6.07 Å². The van der Waals surface area contributed by atoms with Gasteiger partial charge >= 0.3 is 0 Å². The van der Waals surface area contributed by atoms with E-state index in [4.69, 9.17) is 14.3 Å². The Balaban J connectivity index is 2.12. The van der Waals surface area contributed by atoms with Crippen LogP contribution < -0.4 is 0 Å². The first-order valence-electron chi connectivity index (χ1n) is 10.3. The van der Waals surface area contributed by atoms with E-state index >= 15 is 0 Å². The summed E-state index contributed by atoms with van der Waals surface area (Å²) in [5, 5.41) is 8.89. The van der Waals surface area contributed by atoms with Gasteiger partial charge in [-0.25, -0.2) is 4.67 Å². The fraction of sp³-hybridized carbons (Fsp3) is 0.952. The third-order valence-corrected chi connectivity index (χ3v) is 8.95. The summed E-state index contributed by atoms with van der Waals surface area (Å²) in [5.74, 6) is 0. The normalized spacial score (nSPS) is 30.2. The largest absolute Gasteiger partial charge is 0.321 e. The van der Waals surface area contributed by atoms with E-state index in [1.807, 2.05) is 0 Å². The highest BCUT2D eigenvalue weighted by Crippen LogP contribution is 2.64. The van der Waals surface area contributed by atoms with Crippen molar-refractivity contribution in [1.82, 2.24) is 4.67 Å². The second-order valence-electron chi connectivity index (χ2n) is 9.85. The van der Waals surface area contributed by atoms with Crippen LogP contribution in [-0.2, 0) is 9.05 Å². The molecule has 150 valence electrons. The summed E-state index contributed by atoms with van der Waals surface area (Å²) in [6.45, 7) is 16.5. The summed E-state index contributed by atoms with van der Waals surface area (Å²) in [6, 6.07) is 2.91. The number of fused-ring (bicyclic) bond motifs is 3. The molecule has 0 N–H and O–H groups in total. The molecule has 3 saturated carbocycles. The van der Waals surface area contributed by atoms with Crippen molar-refractivity contribution in [1.29, 1.82) is 5.26 Å². The van der Waals surface area contributed by atoms with Gasteiger partial charge in [-0.3, -0.25) is 0 Å². The molecule has 0 aromatic rings. The third-order valence-electron chi connectivity index (χ3n) is 6.70. The van der Waals surface area contributed by atoms with Crippen molar-refractivity contribution in [2.24, 2.45) is 10.8 Å². The van der Waals surface area contributed by atoms with E-state index in [2.05, 4.69) is 59.2 Å². The molecule has 3 fully saturated rings. The molecule has 0 amide bonds. The van der Waals surface area contributed by atoms with Crippen molar-refractivity contribution < 1.29 is 9.05 Å². The van der Waals surface area contributed by atoms with Gasteiger partial charge in [0.2, 0.25) is 0 Å². The second-order valence-corrected chi connectivity index (χ2v) is 11.2. The maximum Gasteiger partial charge on any atom is 0.259 e. The molecule has 26 heavy (non-hydrogen) atoms. The Hall–Kier alpha value is -0.200. The van der Waals surface area contributed by atoms with Gasteiger partial charge < -0.3 is 9.05 Å². The van der Waals surface area contributed by atoms with Crippen molar-refractivity contribution in [3.05, 3.63) is 0 Å². The molecule has 1 atom stereocenters. The van der Waals surface area contributed by atoms with E-state index in [1.165, 1.54) is 19.3 Å². The maximum atomic E-state index is 8.89. The predicted molar refractivity (Wildman–Crippen MR) is 109 cm³/mol. The highest BCUT2D eigenvalue weighted by molar-refractivity contribution is 7.44. The van der Waals surface area contributed by atoms with Gasteiger partial charge in [-0.2, -0.15) is 5.26 Å². The van der Waals surface area contributed by atoms with Crippen LogP contribution >= 0.6 is 8.53 Å². The molecule has 0 saturated heterocycles. The SMILES string of the molecule is CC(C)N(C(C)C)P(OCCC#N)OC12CCC(C(C)(C)C)(CC1)CC2. The Morgan fingerprint density at radius 3 is 1.88 bits per heavy atom. The molecule has 0 heterocycles. The highest BCUT2D eigenvalue weighted by Gasteiger charge is 2.55. The van der Waals surface area contributed by atoms with Crippen LogP contribution in [0.1, 0.15) is 93.4 Å². The molecule has 3 aliphatic rings. The van der Waals surface area contributed by atoms with E-state index in [0.29, 0.717) is 35.9 Å². The Morgan fingerprint density at radius 1 is 1.00 bits per heavy atom.